The number of hydrogen-bond acceptors (Lipinski definition) is 3. The molecule has 0 bridgehead atoms. The van der Waals surface area contributed by atoms with E-state index in [-0.39, 0.29) is 5.24 Å². The van der Waals surface area contributed by atoms with Crippen LogP contribution in [0.25, 0.3) is 0 Å². The van der Waals surface area contributed by atoms with Crippen LogP contribution in [0.4, 0.5) is 4.79 Å². The fourth-order valence-corrected chi connectivity index (χ4v) is 1.57. The summed E-state index contributed by atoms with van der Waals surface area (Å²) in [4.78, 5) is 13.5. The Labute approximate surface area is 87.3 Å². The van der Waals surface area contributed by atoms with Crippen molar-refractivity contribution in [2.75, 3.05) is 14.1 Å². The first-order valence-corrected chi connectivity index (χ1v) is 4.85. The van der Waals surface area contributed by atoms with E-state index in [4.69, 9.17) is 5.26 Å². The Morgan fingerprint density at radius 3 is 2.64 bits per heavy atom. The number of rotatable bonds is 1. The minimum absolute atomic E-state index is 0.0762. The molecule has 72 valence electrons. The van der Waals surface area contributed by atoms with Crippen molar-refractivity contribution in [2.24, 2.45) is 0 Å². The third kappa shape index (κ3) is 2.51. The molecule has 0 unspecified atom stereocenters. The van der Waals surface area contributed by atoms with Crippen LogP contribution in [0, 0.1) is 11.3 Å². The Bertz CT molecular complexity index is 382. The molecule has 0 spiro atoms. The molecule has 0 aliphatic carbocycles. The zero-order valence-corrected chi connectivity index (χ0v) is 8.84. The van der Waals surface area contributed by atoms with Gasteiger partial charge in [-0.3, -0.25) is 4.79 Å². The van der Waals surface area contributed by atoms with Crippen molar-refractivity contribution in [3.63, 3.8) is 0 Å². The van der Waals surface area contributed by atoms with E-state index in [1.54, 1.807) is 32.3 Å². The van der Waals surface area contributed by atoms with Gasteiger partial charge in [-0.25, -0.2) is 0 Å². The van der Waals surface area contributed by atoms with Crippen LogP contribution in [0.5, 0.6) is 0 Å². The second kappa shape index (κ2) is 4.68. The predicted molar refractivity (Wildman–Crippen MR) is 56.1 cm³/mol. The smallest absolute Gasteiger partial charge is 0.285 e. The Morgan fingerprint density at radius 1 is 1.43 bits per heavy atom. The lowest BCUT2D eigenvalue weighted by Gasteiger charge is -2.09. The van der Waals surface area contributed by atoms with Crippen molar-refractivity contribution >= 4 is 17.0 Å². The molecular weight excluding hydrogens is 196 g/mol. The largest absolute Gasteiger partial charge is 0.339 e. The number of amides is 1. The number of benzene rings is 1. The average molecular weight is 206 g/mol. The number of nitrogens with zero attached hydrogens (tertiary/aromatic N) is 2. The summed E-state index contributed by atoms with van der Waals surface area (Å²) >= 11 is 1.07. The van der Waals surface area contributed by atoms with E-state index >= 15 is 0 Å². The fraction of sp³-hybridized carbons (Fsp3) is 0.200. The van der Waals surface area contributed by atoms with Crippen LogP contribution < -0.4 is 0 Å². The Morgan fingerprint density at radius 2 is 2.07 bits per heavy atom. The van der Waals surface area contributed by atoms with Crippen LogP contribution in [0.1, 0.15) is 5.56 Å². The second-order valence-electron chi connectivity index (χ2n) is 2.87. The predicted octanol–water partition coefficient (Wildman–Crippen LogP) is 2.33. The number of carbonyl (C=O) groups excluding carboxylic acids is 1. The highest BCUT2D eigenvalue weighted by atomic mass is 32.2. The lowest BCUT2D eigenvalue weighted by atomic mass is 10.2. The molecule has 0 radical (unpaired) electrons. The van der Waals surface area contributed by atoms with E-state index in [0.717, 1.165) is 11.8 Å². The average Bonchev–Trinajstić information content (AvgIpc) is 2.18. The van der Waals surface area contributed by atoms with Gasteiger partial charge in [0.05, 0.1) is 5.56 Å². The van der Waals surface area contributed by atoms with Gasteiger partial charge in [-0.1, -0.05) is 12.1 Å². The third-order valence-electron chi connectivity index (χ3n) is 1.57. The zero-order valence-electron chi connectivity index (χ0n) is 8.02. The number of hydrogen-bond donors (Lipinski definition) is 0. The van der Waals surface area contributed by atoms with Crippen LogP contribution in [-0.2, 0) is 0 Å². The maximum absolute atomic E-state index is 11.4. The lowest BCUT2D eigenvalue weighted by Crippen LogP contribution is -2.16. The molecule has 0 saturated carbocycles. The summed E-state index contributed by atoms with van der Waals surface area (Å²) in [5, 5.41) is 8.71. The van der Waals surface area contributed by atoms with Gasteiger partial charge in [0.25, 0.3) is 5.24 Å². The van der Waals surface area contributed by atoms with Crippen molar-refractivity contribution in [1.29, 1.82) is 5.26 Å². The summed E-state index contributed by atoms with van der Waals surface area (Å²) in [5.41, 5.74) is 0.535. The molecule has 14 heavy (non-hydrogen) atoms. The minimum atomic E-state index is -0.0762. The molecule has 1 rings (SSSR count). The molecule has 0 N–H and O–H groups in total. The monoisotopic (exact) mass is 206 g/mol. The van der Waals surface area contributed by atoms with Crippen molar-refractivity contribution in [3.05, 3.63) is 29.8 Å². The van der Waals surface area contributed by atoms with Gasteiger partial charge >= 0.3 is 0 Å². The highest BCUT2D eigenvalue weighted by molar-refractivity contribution is 8.13. The second-order valence-corrected chi connectivity index (χ2v) is 3.86. The fourth-order valence-electron chi connectivity index (χ4n) is 0.833. The quantitative estimate of drug-likeness (QED) is 0.662. The van der Waals surface area contributed by atoms with Gasteiger partial charge in [0, 0.05) is 19.0 Å². The number of nitriles is 1. The topological polar surface area (TPSA) is 44.1 Å². The van der Waals surface area contributed by atoms with Crippen LogP contribution in [0.2, 0.25) is 0 Å². The van der Waals surface area contributed by atoms with Gasteiger partial charge in [0.15, 0.2) is 0 Å². The SMILES string of the molecule is CN(C)C(=O)Sc1ccccc1C#N. The Balaban J connectivity index is 2.87. The molecular formula is C10H10N2OS. The number of thioether (sulfide) groups is 1. The molecule has 1 amide bonds. The molecule has 0 aliphatic rings. The van der Waals surface area contributed by atoms with E-state index < -0.39 is 0 Å². The highest BCUT2D eigenvalue weighted by Gasteiger charge is 2.09. The molecule has 3 nitrogen and oxygen atoms in total. The van der Waals surface area contributed by atoms with Gasteiger partial charge in [0.1, 0.15) is 6.07 Å². The molecule has 0 heterocycles. The van der Waals surface area contributed by atoms with Crippen molar-refractivity contribution < 1.29 is 4.79 Å². The molecule has 0 aliphatic heterocycles. The number of carbonyl (C=O) groups is 1. The summed E-state index contributed by atoms with van der Waals surface area (Å²) in [7, 11) is 3.37. The van der Waals surface area contributed by atoms with Gasteiger partial charge < -0.3 is 4.90 Å². The maximum Gasteiger partial charge on any atom is 0.285 e. The maximum atomic E-state index is 11.4. The van der Waals surface area contributed by atoms with Crippen molar-refractivity contribution in [3.8, 4) is 6.07 Å². The zero-order chi connectivity index (χ0) is 10.6. The molecule has 0 aromatic heterocycles. The van der Waals surface area contributed by atoms with E-state index in [0.29, 0.717) is 10.5 Å². The summed E-state index contributed by atoms with van der Waals surface area (Å²) < 4.78 is 0. The molecule has 4 heteroatoms. The van der Waals surface area contributed by atoms with E-state index in [1.807, 2.05) is 12.1 Å². The van der Waals surface area contributed by atoms with Crippen LogP contribution in [-0.4, -0.2) is 24.2 Å². The molecule has 0 fully saturated rings. The Hall–Kier alpha value is -1.47. The third-order valence-corrected chi connectivity index (χ3v) is 2.69. The van der Waals surface area contributed by atoms with Crippen LogP contribution >= 0.6 is 11.8 Å². The minimum Gasteiger partial charge on any atom is -0.339 e. The standard InChI is InChI=1S/C10H10N2OS/c1-12(2)10(13)14-9-6-4-3-5-8(9)7-11/h3-6H,1-2H3. The molecule has 1 aromatic rings. The van der Waals surface area contributed by atoms with Gasteiger partial charge in [-0.2, -0.15) is 5.26 Å². The van der Waals surface area contributed by atoms with Crippen molar-refractivity contribution in [2.45, 2.75) is 4.90 Å². The van der Waals surface area contributed by atoms with E-state index in [9.17, 15) is 4.79 Å². The van der Waals surface area contributed by atoms with Crippen molar-refractivity contribution in [1.82, 2.24) is 4.90 Å². The lowest BCUT2D eigenvalue weighted by molar-refractivity contribution is 0.241. The highest BCUT2D eigenvalue weighted by Crippen LogP contribution is 2.23. The molecule has 0 atom stereocenters. The van der Waals surface area contributed by atoms with Crippen LogP contribution in [0.3, 0.4) is 0 Å². The van der Waals surface area contributed by atoms with Crippen LogP contribution in [0.15, 0.2) is 29.2 Å². The normalized spacial score (nSPS) is 9.21. The first-order chi connectivity index (χ1) is 6.65. The van der Waals surface area contributed by atoms with Gasteiger partial charge in [-0.05, 0) is 23.9 Å². The first-order valence-electron chi connectivity index (χ1n) is 4.03. The van der Waals surface area contributed by atoms with Gasteiger partial charge in [-0.15, -0.1) is 0 Å². The Kier molecular flexibility index (Phi) is 3.55. The van der Waals surface area contributed by atoms with Gasteiger partial charge in [0.2, 0.25) is 0 Å². The summed E-state index contributed by atoms with van der Waals surface area (Å²) in [5.74, 6) is 0. The summed E-state index contributed by atoms with van der Waals surface area (Å²) in [6, 6.07) is 9.11. The summed E-state index contributed by atoms with van der Waals surface area (Å²) in [6.07, 6.45) is 0. The first kappa shape index (κ1) is 10.6. The summed E-state index contributed by atoms with van der Waals surface area (Å²) in [6.45, 7) is 0. The molecule has 1 aromatic carbocycles. The molecule has 0 saturated heterocycles. The van der Waals surface area contributed by atoms with E-state index in [2.05, 4.69) is 0 Å². The van der Waals surface area contributed by atoms with E-state index in [1.165, 1.54) is 4.90 Å².